The second-order valence-corrected chi connectivity index (χ2v) is 5.09. The predicted octanol–water partition coefficient (Wildman–Crippen LogP) is 1.08. The van der Waals surface area contributed by atoms with Gasteiger partial charge >= 0.3 is 0 Å². The van der Waals surface area contributed by atoms with Crippen LogP contribution in [-0.4, -0.2) is 41.4 Å². The lowest BCUT2D eigenvalue weighted by Crippen LogP contribution is -2.37. The van der Waals surface area contributed by atoms with Crippen LogP contribution in [0.5, 0.6) is 0 Å². The van der Waals surface area contributed by atoms with E-state index in [4.69, 9.17) is 5.73 Å². The number of hydrogen-bond acceptors (Lipinski definition) is 3. The SMILES string of the molecule is CC(N)CCCC(=O)N1CCSCC1. The summed E-state index contributed by atoms with van der Waals surface area (Å²) in [5.74, 6) is 2.50. The topological polar surface area (TPSA) is 46.3 Å². The Balaban J connectivity index is 2.13. The van der Waals surface area contributed by atoms with Gasteiger partial charge < -0.3 is 10.6 Å². The average molecular weight is 216 g/mol. The third-order valence-electron chi connectivity index (χ3n) is 2.41. The summed E-state index contributed by atoms with van der Waals surface area (Å²) in [6.07, 6.45) is 2.56. The Morgan fingerprint density at radius 3 is 2.71 bits per heavy atom. The van der Waals surface area contributed by atoms with E-state index in [1.54, 1.807) is 0 Å². The molecule has 1 saturated heterocycles. The van der Waals surface area contributed by atoms with Crippen LogP contribution in [0.15, 0.2) is 0 Å². The number of carbonyl (C=O) groups is 1. The standard InChI is InChI=1S/C10H20N2OS/c1-9(11)3-2-4-10(13)12-5-7-14-8-6-12/h9H,2-8,11H2,1H3. The monoisotopic (exact) mass is 216 g/mol. The maximum Gasteiger partial charge on any atom is 0.222 e. The molecule has 0 aromatic carbocycles. The van der Waals surface area contributed by atoms with Gasteiger partial charge in [0.05, 0.1) is 0 Å². The molecule has 0 bridgehead atoms. The van der Waals surface area contributed by atoms with Gasteiger partial charge in [-0.25, -0.2) is 0 Å². The van der Waals surface area contributed by atoms with E-state index in [0.29, 0.717) is 12.3 Å². The molecule has 3 nitrogen and oxygen atoms in total. The van der Waals surface area contributed by atoms with Gasteiger partial charge in [-0.2, -0.15) is 11.8 Å². The maximum atomic E-state index is 11.7. The Kier molecular flexibility index (Phi) is 5.33. The van der Waals surface area contributed by atoms with Crippen molar-refractivity contribution in [3.05, 3.63) is 0 Å². The molecule has 1 unspecified atom stereocenters. The van der Waals surface area contributed by atoms with Crippen LogP contribution < -0.4 is 5.73 Å². The van der Waals surface area contributed by atoms with Crippen LogP contribution >= 0.6 is 11.8 Å². The molecule has 82 valence electrons. The summed E-state index contributed by atoms with van der Waals surface area (Å²) in [6, 6.07) is 0.222. The molecule has 1 atom stereocenters. The van der Waals surface area contributed by atoms with Crippen molar-refractivity contribution in [1.29, 1.82) is 0 Å². The normalized spacial score (nSPS) is 19.4. The molecule has 1 fully saturated rings. The van der Waals surface area contributed by atoms with Gasteiger partial charge in [-0.1, -0.05) is 0 Å². The van der Waals surface area contributed by atoms with E-state index in [-0.39, 0.29) is 6.04 Å². The van der Waals surface area contributed by atoms with Crippen molar-refractivity contribution < 1.29 is 4.79 Å². The third-order valence-corrected chi connectivity index (χ3v) is 3.36. The van der Waals surface area contributed by atoms with Gasteiger partial charge in [0.2, 0.25) is 5.91 Å². The zero-order chi connectivity index (χ0) is 10.4. The largest absolute Gasteiger partial charge is 0.341 e. The fourth-order valence-electron chi connectivity index (χ4n) is 1.55. The summed E-state index contributed by atoms with van der Waals surface area (Å²) < 4.78 is 0. The molecule has 0 aliphatic carbocycles. The fourth-order valence-corrected chi connectivity index (χ4v) is 2.45. The average Bonchev–Trinajstić information content (AvgIpc) is 2.18. The third kappa shape index (κ3) is 4.33. The van der Waals surface area contributed by atoms with Crippen molar-refractivity contribution in [3.63, 3.8) is 0 Å². The molecule has 14 heavy (non-hydrogen) atoms. The smallest absolute Gasteiger partial charge is 0.222 e. The van der Waals surface area contributed by atoms with Crippen LogP contribution in [-0.2, 0) is 4.79 Å². The molecule has 1 aliphatic rings. The van der Waals surface area contributed by atoms with E-state index in [9.17, 15) is 4.79 Å². The molecule has 0 radical (unpaired) electrons. The first-order valence-corrected chi connectivity index (χ1v) is 6.46. The zero-order valence-corrected chi connectivity index (χ0v) is 9.68. The van der Waals surface area contributed by atoms with Crippen molar-refractivity contribution >= 4 is 17.7 Å². The highest BCUT2D eigenvalue weighted by atomic mass is 32.2. The van der Waals surface area contributed by atoms with E-state index in [2.05, 4.69) is 0 Å². The van der Waals surface area contributed by atoms with Gasteiger partial charge in [-0.3, -0.25) is 4.79 Å². The van der Waals surface area contributed by atoms with Gasteiger partial charge in [0, 0.05) is 37.1 Å². The first-order valence-electron chi connectivity index (χ1n) is 5.31. The first-order chi connectivity index (χ1) is 6.70. The lowest BCUT2D eigenvalue weighted by molar-refractivity contribution is -0.130. The molecule has 1 rings (SSSR count). The Morgan fingerprint density at radius 1 is 1.50 bits per heavy atom. The Bertz CT molecular complexity index is 179. The zero-order valence-electron chi connectivity index (χ0n) is 8.87. The molecule has 1 aliphatic heterocycles. The van der Waals surface area contributed by atoms with Gasteiger partial charge in [0.15, 0.2) is 0 Å². The lowest BCUT2D eigenvalue weighted by Gasteiger charge is -2.26. The van der Waals surface area contributed by atoms with Crippen LogP contribution in [0.4, 0.5) is 0 Å². The van der Waals surface area contributed by atoms with E-state index < -0.39 is 0 Å². The number of thioether (sulfide) groups is 1. The maximum absolute atomic E-state index is 11.7. The van der Waals surface area contributed by atoms with Gasteiger partial charge in [-0.15, -0.1) is 0 Å². The summed E-state index contributed by atoms with van der Waals surface area (Å²) in [7, 11) is 0. The van der Waals surface area contributed by atoms with Crippen LogP contribution in [0.25, 0.3) is 0 Å². The van der Waals surface area contributed by atoms with Crippen LogP contribution in [0.1, 0.15) is 26.2 Å². The molecule has 1 amide bonds. The number of rotatable bonds is 4. The van der Waals surface area contributed by atoms with E-state index in [1.165, 1.54) is 0 Å². The molecule has 0 spiro atoms. The number of carbonyl (C=O) groups excluding carboxylic acids is 1. The lowest BCUT2D eigenvalue weighted by atomic mass is 10.1. The fraction of sp³-hybridized carbons (Fsp3) is 0.900. The minimum absolute atomic E-state index is 0.222. The molecule has 4 heteroatoms. The van der Waals surface area contributed by atoms with E-state index in [1.807, 2.05) is 23.6 Å². The van der Waals surface area contributed by atoms with Crippen molar-refractivity contribution in [2.75, 3.05) is 24.6 Å². The molecule has 0 saturated carbocycles. The van der Waals surface area contributed by atoms with E-state index in [0.717, 1.165) is 37.4 Å². The highest BCUT2D eigenvalue weighted by Gasteiger charge is 2.15. The molecular weight excluding hydrogens is 196 g/mol. The van der Waals surface area contributed by atoms with Gasteiger partial charge in [-0.05, 0) is 19.8 Å². The molecule has 0 aromatic heterocycles. The summed E-state index contributed by atoms with van der Waals surface area (Å²) in [6.45, 7) is 3.85. The summed E-state index contributed by atoms with van der Waals surface area (Å²) in [4.78, 5) is 13.6. The quantitative estimate of drug-likeness (QED) is 0.765. The Labute approximate surface area is 90.4 Å². The Hall–Kier alpha value is -0.220. The number of hydrogen-bond donors (Lipinski definition) is 1. The summed E-state index contributed by atoms with van der Waals surface area (Å²) >= 11 is 1.93. The minimum atomic E-state index is 0.222. The van der Waals surface area contributed by atoms with Crippen molar-refractivity contribution in [3.8, 4) is 0 Å². The first kappa shape index (κ1) is 11.9. The van der Waals surface area contributed by atoms with Crippen molar-refractivity contribution in [1.82, 2.24) is 4.90 Å². The molecule has 2 N–H and O–H groups in total. The van der Waals surface area contributed by atoms with Crippen molar-refractivity contribution in [2.45, 2.75) is 32.2 Å². The number of amides is 1. The molecule has 0 aromatic rings. The second-order valence-electron chi connectivity index (χ2n) is 3.86. The highest BCUT2D eigenvalue weighted by Crippen LogP contribution is 2.11. The van der Waals surface area contributed by atoms with Gasteiger partial charge in [0.25, 0.3) is 0 Å². The molecular formula is C10H20N2OS. The van der Waals surface area contributed by atoms with Crippen LogP contribution in [0, 0.1) is 0 Å². The summed E-state index contributed by atoms with van der Waals surface area (Å²) in [5, 5.41) is 0. The van der Waals surface area contributed by atoms with Crippen LogP contribution in [0.3, 0.4) is 0 Å². The van der Waals surface area contributed by atoms with Gasteiger partial charge in [0.1, 0.15) is 0 Å². The van der Waals surface area contributed by atoms with Crippen LogP contribution in [0.2, 0.25) is 0 Å². The second kappa shape index (κ2) is 6.30. The highest BCUT2D eigenvalue weighted by molar-refractivity contribution is 7.99. The Morgan fingerprint density at radius 2 is 2.14 bits per heavy atom. The summed E-state index contributed by atoms with van der Waals surface area (Å²) in [5.41, 5.74) is 5.63. The number of nitrogens with zero attached hydrogens (tertiary/aromatic N) is 1. The molecule has 1 heterocycles. The number of nitrogens with two attached hydrogens (primary N) is 1. The van der Waals surface area contributed by atoms with E-state index >= 15 is 0 Å². The van der Waals surface area contributed by atoms with Crippen molar-refractivity contribution in [2.24, 2.45) is 5.73 Å². The minimum Gasteiger partial charge on any atom is -0.341 e. The predicted molar refractivity (Wildman–Crippen MR) is 61.4 cm³/mol.